The Morgan fingerprint density at radius 3 is 2.07 bits per heavy atom. The van der Waals surface area contributed by atoms with Gasteiger partial charge in [-0.1, -0.05) is 12.1 Å². The van der Waals surface area contributed by atoms with E-state index < -0.39 is 18.5 Å². The lowest BCUT2D eigenvalue weighted by atomic mass is 10.2. The maximum absolute atomic E-state index is 12.5. The average Bonchev–Trinajstić information content (AvgIpc) is 2.68. The molecule has 0 saturated carbocycles. The topological polar surface area (TPSA) is 83.1 Å². The molecule has 2 rings (SSSR count). The van der Waals surface area contributed by atoms with Crippen molar-refractivity contribution < 1.29 is 28.5 Å². The molecule has 0 aliphatic rings. The molecule has 0 spiro atoms. The molecule has 2 aromatic carbocycles. The highest BCUT2D eigenvalue weighted by Crippen LogP contribution is 2.39. The molecular formula is C22H27NO6. The molecule has 7 nitrogen and oxygen atoms in total. The summed E-state index contributed by atoms with van der Waals surface area (Å²) in [7, 11) is 0. The van der Waals surface area contributed by atoms with Crippen molar-refractivity contribution in [2.24, 2.45) is 0 Å². The number of carbonyl (C=O) groups is 2. The number of anilines is 1. The summed E-state index contributed by atoms with van der Waals surface area (Å²) in [6.45, 7) is 8.23. The van der Waals surface area contributed by atoms with E-state index in [1.807, 2.05) is 45.9 Å². The van der Waals surface area contributed by atoms with Gasteiger partial charge in [-0.05, 0) is 57.5 Å². The minimum Gasteiger partial charge on any atom is -0.490 e. The van der Waals surface area contributed by atoms with Crippen molar-refractivity contribution in [1.29, 1.82) is 0 Å². The summed E-state index contributed by atoms with van der Waals surface area (Å²) in [6.07, 6.45) is 0. The Morgan fingerprint density at radius 1 is 0.897 bits per heavy atom. The highest BCUT2D eigenvalue weighted by molar-refractivity contribution is 5.96. The molecule has 0 heterocycles. The van der Waals surface area contributed by atoms with Gasteiger partial charge in [-0.25, -0.2) is 4.79 Å². The lowest BCUT2D eigenvalue weighted by Crippen LogP contribution is -2.21. The van der Waals surface area contributed by atoms with Crippen LogP contribution in [0.4, 0.5) is 5.69 Å². The van der Waals surface area contributed by atoms with Gasteiger partial charge in [-0.3, -0.25) is 4.79 Å². The number of esters is 1. The van der Waals surface area contributed by atoms with Gasteiger partial charge in [0.05, 0.1) is 25.4 Å². The van der Waals surface area contributed by atoms with Crippen molar-refractivity contribution in [3.63, 3.8) is 0 Å². The molecule has 0 radical (unpaired) electrons. The smallest absolute Gasteiger partial charge is 0.338 e. The monoisotopic (exact) mass is 401 g/mol. The number of ether oxygens (including phenoxy) is 4. The predicted molar refractivity (Wildman–Crippen MR) is 110 cm³/mol. The Labute approximate surface area is 170 Å². The molecule has 0 aliphatic heterocycles. The van der Waals surface area contributed by atoms with Crippen LogP contribution in [-0.4, -0.2) is 38.3 Å². The van der Waals surface area contributed by atoms with Crippen molar-refractivity contribution in [3.8, 4) is 17.2 Å². The Hall–Kier alpha value is -3.22. The number of amides is 1. The first-order valence-electron chi connectivity index (χ1n) is 9.58. The summed E-state index contributed by atoms with van der Waals surface area (Å²) in [5, 5.41) is 2.69. The van der Waals surface area contributed by atoms with Crippen LogP contribution in [0.15, 0.2) is 36.4 Å². The molecule has 2 aromatic rings. The zero-order chi connectivity index (χ0) is 21.2. The molecule has 0 saturated heterocycles. The second-order valence-corrected chi connectivity index (χ2v) is 6.09. The third kappa shape index (κ3) is 6.41. The molecular weight excluding hydrogens is 374 g/mol. The summed E-state index contributed by atoms with van der Waals surface area (Å²) >= 11 is 0. The van der Waals surface area contributed by atoms with Gasteiger partial charge in [0, 0.05) is 5.69 Å². The van der Waals surface area contributed by atoms with Crippen LogP contribution in [0.1, 0.15) is 36.7 Å². The van der Waals surface area contributed by atoms with E-state index in [4.69, 9.17) is 18.9 Å². The molecule has 1 amide bonds. The van der Waals surface area contributed by atoms with Gasteiger partial charge < -0.3 is 24.3 Å². The van der Waals surface area contributed by atoms with E-state index in [-0.39, 0.29) is 5.56 Å². The summed E-state index contributed by atoms with van der Waals surface area (Å²) < 4.78 is 22.0. The molecule has 29 heavy (non-hydrogen) atoms. The molecule has 0 fully saturated rings. The molecule has 0 unspecified atom stereocenters. The van der Waals surface area contributed by atoms with Gasteiger partial charge in [0.25, 0.3) is 5.91 Å². The van der Waals surface area contributed by atoms with Crippen molar-refractivity contribution in [2.45, 2.75) is 27.7 Å². The minimum atomic E-state index is -0.658. The van der Waals surface area contributed by atoms with Crippen LogP contribution in [0, 0.1) is 6.92 Å². The van der Waals surface area contributed by atoms with Gasteiger partial charge in [0.1, 0.15) is 0 Å². The molecule has 0 bridgehead atoms. The minimum absolute atomic E-state index is 0.212. The zero-order valence-electron chi connectivity index (χ0n) is 17.2. The highest BCUT2D eigenvalue weighted by atomic mass is 16.5. The largest absolute Gasteiger partial charge is 0.490 e. The normalized spacial score (nSPS) is 10.2. The molecule has 156 valence electrons. The quantitative estimate of drug-likeness (QED) is 0.606. The van der Waals surface area contributed by atoms with Crippen molar-refractivity contribution in [3.05, 3.63) is 47.5 Å². The Bertz CT molecular complexity index is 822. The number of rotatable bonds is 10. The van der Waals surface area contributed by atoms with E-state index in [0.29, 0.717) is 42.8 Å². The molecule has 0 atom stereocenters. The van der Waals surface area contributed by atoms with Crippen LogP contribution >= 0.6 is 0 Å². The van der Waals surface area contributed by atoms with Gasteiger partial charge in [-0.15, -0.1) is 0 Å². The fourth-order valence-corrected chi connectivity index (χ4v) is 2.64. The van der Waals surface area contributed by atoms with Crippen LogP contribution in [-0.2, 0) is 9.53 Å². The first-order chi connectivity index (χ1) is 14.0. The lowest BCUT2D eigenvalue weighted by molar-refractivity contribution is -0.119. The number of hydrogen-bond donors (Lipinski definition) is 1. The van der Waals surface area contributed by atoms with Crippen LogP contribution < -0.4 is 19.5 Å². The van der Waals surface area contributed by atoms with Gasteiger partial charge >= 0.3 is 5.97 Å². The van der Waals surface area contributed by atoms with E-state index in [1.165, 1.54) is 12.1 Å². The number of benzene rings is 2. The first-order valence-corrected chi connectivity index (χ1v) is 9.58. The standard InChI is InChI=1S/C22H27NO6/c1-5-26-18-12-16(13-19(27-6-2)21(18)28-7-3)22(25)29-14-20(24)23-17-10-8-9-15(4)11-17/h8-13H,5-7,14H2,1-4H3,(H,23,24). The maximum atomic E-state index is 12.5. The molecule has 1 N–H and O–H groups in total. The van der Waals surface area contributed by atoms with Crippen LogP contribution in [0.25, 0.3) is 0 Å². The van der Waals surface area contributed by atoms with E-state index in [1.54, 1.807) is 6.07 Å². The molecule has 0 aromatic heterocycles. The summed E-state index contributed by atoms with van der Waals surface area (Å²) in [4.78, 5) is 24.6. The van der Waals surface area contributed by atoms with Gasteiger partial charge in [0.15, 0.2) is 18.1 Å². The van der Waals surface area contributed by atoms with E-state index in [2.05, 4.69) is 5.32 Å². The lowest BCUT2D eigenvalue weighted by Gasteiger charge is -2.16. The van der Waals surface area contributed by atoms with Crippen molar-refractivity contribution in [2.75, 3.05) is 31.7 Å². The summed E-state index contributed by atoms with van der Waals surface area (Å²) in [6, 6.07) is 10.4. The Morgan fingerprint density at radius 2 is 1.52 bits per heavy atom. The molecule has 7 heteroatoms. The van der Waals surface area contributed by atoms with Crippen LogP contribution in [0.2, 0.25) is 0 Å². The van der Waals surface area contributed by atoms with Gasteiger partial charge in [0.2, 0.25) is 5.75 Å². The average molecular weight is 401 g/mol. The van der Waals surface area contributed by atoms with E-state index in [0.717, 1.165) is 5.56 Å². The third-order valence-electron chi connectivity index (χ3n) is 3.78. The number of hydrogen-bond acceptors (Lipinski definition) is 6. The fourth-order valence-electron chi connectivity index (χ4n) is 2.64. The second kappa shape index (κ2) is 10.9. The SMILES string of the molecule is CCOc1cc(C(=O)OCC(=O)Nc2cccc(C)c2)cc(OCC)c1OCC. The van der Waals surface area contributed by atoms with Crippen LogP contribution in [0.3, 0.4) is 0 Å². The summed E-state index contributed by atoms with van der Waals surface area (Å²) in [5.41, 5.74) is 1.87. The first kappa shape index (κ1) is 22.1. The number of carbonyl (C=O) groups excluding carboxylic acids is 2. The Balaban J connectivity index is 2.11. The Kier molecular flexibility index (Phi) is 8.33. The molecule has 0 aliphatic carbocycles. The van der Waals surface area contributed by atoms with Gasteiger partial charge in [-0.2, -0.15) is 0 Å². The number of nitrogens with one attached hydrogen (secondary N) is 1. The predicted octanol–water partition coefficient (Wildman–Crippen LogP) is 3.99. The van der Waals surface area contributed by atoms with Crippen LogP contribution in [0.5, 0.6) is 17.2 Å². The van der Waals surface area contributed by atoms with E-state index in [9.17, 15) is 9.59 Å². The summed E-state index contributed by atoms with van der Waals surface area (Å²) in [5.74, 6) is 0.122. The van der Waals surface area contributed by atoms with Crippen molar-refractivity contribution >= 4 is 17.6 Å². The van der Waals surface area contributed by atoms with E-state index >= 15 is 0 Å². The maximum Gasteiger partial charge on any atom is 0.338 e. The fraction of sp³-hybridized carbons (Fsp3) is 0.364. The second-order valence-electron chi connectivity index (χ2n) is 6.09. The highest BCUT2D eigenvalue weighted by Gasteiger charge is 2.20. The zero-order valence-corrected chi connectivity index (χ0v) is 17.2. The number of aryl methyl sites for hydroxylation is 1. The van der Waals surface area contributed by atoms with Crippen molar-refractivity contribution in [1.82, 2.24) is 0 Å². The third-order valence-corrected chi connectivity index (χ3v) is 3.78.